The van der Waals surface area contributed by atoms with Gasteiger partial charge in [-0.15, -0.1) is 0 Å². The maximum atomic E-state index is 4.19. The first kappa shape index (κ1) is 5.18. The van der Waals surface area contributed by atoms with Gasteiger partial charge in [-0.3, -0.25) is 4.99 Å². The smallest absolute Gasteiger partial charge is 0.0618 e. The standard InChI is InChI=1S/C7H10N2/c1-2-8-4-7-5-9-3-6(1)7/h3,8H,1-2,4-5H2. The van der Waals surface area contributed by atoms with E-state index in [1.165, 1.54) is 17.6 Å². The lowest BCUT2D eigenvalue weighted by atomic mass is 10.1. The highest BCUT2D eigenvalue weighted by molar-refractivity contribution is 5.83. The summed E-state index contributed by atoms with van der Waals surface area (Å²) in [5.74, 6) is 0. The third-order valence-electron chi connectivity index (χ3n) is 1.89. The number of hydrogen-bond acceptors (Lipinski definition) is 2. The summed E-state index contributed by atoms with van der Waals surface area (Å²) < 4.78 is 0. The minimum absolute atomic E-state index is 0.947. The fourth-order valence-electron chi connectivity index (χ4n) is 1.33. The van der Waals surface area contributed by atoms with Crippen molar-refractivity contribution < 1.29 is 0 Å². The molecular formula is C7H10N2. The van der Waals surface area contributed by atoms with Crippen molar-refractivity contribution in [1.82, 2.24) is 5.32 Å². The van der Waals surface area contributed by atoms with Crippen LogP contribution in [-0.4, -0.2) is 25.8 Å². The second kappa shape index (κ2) is 1.95. The molecule has 2 nitrogen and oxygen atoms in total. The van der Waals surface area contributed by atoms with Gasteiger partial charge in [-0.25, -0.2) is 0 Å². The van der Waals surface area contributed by atoms with Crippen LogP contribution in [0.5, 0.6) is 0 Å². The van der Waals surface area contributed by atoms with Gasteiger partial charge in [0.25, 0.3) is 0 Å². The summed E-state index contributed by atoms with van der Waals surface area (Å²) in [6.45, 7) is 3.14. The minimum Gasteiger partial charge on any atom is -0.313 e. The number of aliphatic imine (C=N–C) groups is 1. The first-order chi connectivity index (χ1) is 4.47. The van der Waals surface area contributed by atoms with Gasteiger partial charge in [-0.2, -0.15) is 0 Å². The van der Waals surface area contributed by atoms with E-state index in [1.54, 1.807) is 0 Å². The Labute approximate surface area is 54.7 Å². The zero-order valence-corrected chi connectivity index (χ0v) is 5.35. The SMILES string of the molecule is C1=NCC2=C1CCNC2. The number of hydrogen-bond donors (Lipinski definition) is 1. The summed E-state index contributed by atoms with van der Waals surface area (Å²) in [7, 11) is 0. The topological polar surface area (TPSA) is 24.4 Å². The Bertz CT molecular complexity index is 179. The van der Waals surface area contributed by atoms with E-state index in [9.17, 15) is 0 Å². The Balaban J connectivity index is 2.24. The molecule has 2 rings (SSSR count). The average molecular weight is 122 g/mol. The van der Waals surface area contributed by atoms with E-state index in [-0.39, 0.29) is 0 Å². The molecule has 0 aromatic rings. The van der Waals surface area contributed by atoms with Crippen LogP contribution in [0.4, 0.5) is 0 Å². The van der Waals surface area contributed by atoms with Crippen molar-refractivity contribution in [2.45, 2.75) is 6.42 Å². The number of nitrogens with zero attached hydrogens (tertiary/aromatic N) is 1. The van der Waals surface area contributed by atoms with Crippen molar-refractivity contribution in [2.24, 2.45) is 4.99 Å². The normalized spacial score (nSPS) is 24.9. The fourth-order valence-corrected chi connectivity index (χ4v) is 1.33. The van der Waals surface area contributed by atoms with E-state index in [0.29, 0.717) is 0 Å². The van der Waals surface area contributed by atoms with E-state index >= 15 is 0 Å². The van der Waals surface area contributed by atoms with Crippen molar-refractivity contribution in [1.29, 1.82) is 0 Å². The molecule has 1 N–H and O–H groups in total. The van der Waals surface area contributed by atoms with Crippen LogP contribution in [-0.2, 0) is 0 Å². The van der Waals surface area contributed by atoms with Gasteiger partial charge in [0.05, 0.1) is 6.54 Å². The Morgan fingerprint density at radius 3 is 3.44 bits per heavy atom. The molecule has 0 atom stereocenters. The molecular weight excluding hydrogens is 112 g/mol. The highest BCUT2D eigenvalue weighted by Crippen LogP contribution is 2.14. The molecule has 0 aliphatic carbocycles. The number of rotatable bonds is 0. The van der Waals surface area contributed by atoms with Gasteiger partial charge < -0.3 is 5.32 Å². The van der Waals surface area contributed by atoms with Crippen molar-refractivity contribution in [2.75, 3.05) is 19.6 Å². The molecule has 0 bridgehead atoms. The van der Waals surface area contributed by atoms with E-state index in [2.05, 4.69) is 10.3 Å². The predicted molar refractivity (Wildman–Crippen MR) is 37.9 cm³/mol. The maximum Gasteiger partial charge on any atom is 0.0618 e. The molecule has 0 spiro atoms. The van der Waals surface area contributed by atoms with Crippen LogP contribution in [0.2, 0.25) is 0 Å². The molecule has 0 aromatic carbocycles. The summed E-state index contributed by atoms with van der Waals surface area (Å²) in [4.78, 5) is 4.19. The zero-order valence-electron chi connectivity index (χ0n) is 5.35. The molecule has 0 amide bonds. The third kappa shape index (κ3) is 0.793. The van der Waals surface area contributed by atoms with Crippen molar-refractivity contribution in [3.63, 3.8) is 0 Å². The molecule has 2 heteroatoms. The van der Waals surface area contributed by atoms with E-state index in [4.69, 9.17) is 0 Å². The quantitative estimate of drug-likeness (QED) is 0.493. The molecule has 0 saturated heterocycles. The van der Waals surface area contributed by atoms with E-state index in [1.807, 2.05) is 6.21 Å². The largest absolute Gasteiger partial charge is 0.313 e. The second-order valence-electron chi connectivity index (χ2n) is 2.53. The molecule has 2 aliphatic heterocycles. The lowest BCUT2D eigenvalue weighted by Gasteiger charge is -2.12. The fraction of sp³-hybridized carbons (Fsp3) is 0.571. The molecule has 9 heavy (non-hydrogen) atoms. The summed E-state index contributed by atoms with van der Waals surface area (Å²) in [6, 6.07) is 0. The monoisotopic (exact) mass is 122 g/mol. The van der Waals surface area contributed by atoms with Crippen LogP contribution in [0.3, 0.4) is 0 Å². The molecule has 0 aromatic heterocycles. The van der Waals surface area contributed by atoms with Gasteiger partial charge in [-0.05, 0) is 24.1 Å². The summed E-state index contributed by atoms with van der Waals surface area (Å²) in [6.07, 6.45) is 3.20. The Kier molecular flexibility index (Phi) is 1.12. The van der Waals surface area contributed by atoms with E-state index < -0.39 is 0 Å². The summed E-state index contributed by atoms with van der Waals surface area (Å²) in [5.41, 5.74) is 2.98. The van der Waals surface area contributed by atoms with Crippen LogP contribution in [0.1, 0.15) is 6.42 Å². The van der Waals surface area contributed by atoms with Crippen LogP contribution in [0, 0.1) is 0 Å². The lowest BCUT2D eigenvalue weighted by molar-refractivity contribution is 0.691. The van der Waals surface area contributed by atoms with Crippen LogP contribution in [0.15, 0.2) is 16.1 Å². The molecule has 0 fully saturated rings. The first-order valence-corrected chi connectivity index (χ1v) is 3.38. The molecule has 48 valence electrons. The number of nitrogens with one attached hydrogen (secondary N) is 1. The van der Waals surface area contributed by atoms with Crippen molar-refractivity contribution >= 4 is 6.21 Å². The highest BCUT2D eigenvalue weighted by Gasteiger charge is 2.12. The van der Waals surface area contributed by atoms with Crippen molar-refractivity contribution in [3.05, 3.63) is 11.1 Å². The molecule has 2 heterocycles. The average Bonchev–Trinajstić information content (AvgIpc) is 2.33. The van der Waals surface area contributed by atoms with Gasteiger partial charge >= 0.3 is 0 Å². The Morgan fingerprint density at radius 1 is 1.56 bits per heavy atom. The van der Waals surface area contributed by atoms with Crippen molar-refractivity contribution in [3.8, 4) is 0 Å². The third-order valence-corrected chi connectivity index (χ3v) is 1.89. The summed E-state index contributed by atoms with van der Waals surface area (Å²) >= 11 is 0. The van der Waals surface area contributed by atoms with E-state index in [0.717, 1.165) is 19.6 Å². The van der Waals surface area contributed by atoms with Crippen LogP contribution >= 0.6 is 0 Å². The van der Waals surface area contributed by atoms with Crippen LogP contribution < -0.4 is 5.32 Å². The van der Waals surface area contributed by atoms with Gasteiger partial charge in [0.2, 0.25) is 0 Å². The molecule has 0 radical (unpaired) electrons. The molecule has 0 saturated carbocycles. The predicted octanol–water partition coefficient (Wildman–Crippen LogP) is 0.361. The highest BCUT2D eigenvalue weighted by atomic mass is 14.9. The maximum absolute atomic E-state index is 4.19. The van der Waals surface area contributed by atoms with Gasteiger partial charge in [-0.1, -0.05) is 0 Å². The van der Waals surface area contributed by atoms with Gasteiger partial charge in [0, 0.05) is 12.8 Å². The second-order valence-corrected chi connectivity index (χ2v) is 2.53. The zero-order chi connectivity index (χ0) is 6.10. The summed E-state index contributed by atoms with van der Waals surface area (Å²) in [5, 5.41) is 3.32. The first-order valence-electron chi connectivity index (χ1n) is 3.38. The minimum atomic E-state index is 0.947. The van der Waals surface area contributed by atoms with Crippen LogP contribution in [0.25, 0.3) is 0 Å². The Hall–Kier alpha value is -0.630. The molecule has 0 unspecified atom stereocenters. The lowest BCUT2D eigenvalue weighted by Crippen LogP contribution is -2.24. The molecule has 2 aliphatic rings. The Morgan fingerprint density at radius 2 is 2.56 bits per heavy atom. The van der Waals surface area contributed by atoms with Gasteiger partial charge in [0.1, 0.15) is 0 Å². The van der Waals surface area contributed by atoms with Gasteiger partial charge in [0.15, 0.2) is 0 Å².